The lowest BCUT2D eigenvalue weighted by Gasteiger charge is -2.26. The quantitative estimate of drug-likeness (QED) is 0.915. The van der Waals surface area contributed by atoms with Crippen LogP contribution in [0.2, 0.25) is 0 Å². The number of pyridine rings is 1. The SMILES string of the molecule is O=C(O)c1cn2cc(F)cc(OCCN3CCCCC3)c2n1. The Morgan fingerprint density at radius 3 is 2.82 bits per heavy atom. The van der Waals surface area contributed by atoms with Crippen LogP contribution in [0.5, 0.6) is 5.75 Å². The lowest BCUT2D eigenvalue weighted by molar-refractivity contribution is 0.0691. The van der Waals surface area contributed by atoms with E-state index in [1.54, 1.807) is 0 Å². The molecule has 22 heavy (non-hydrogen) atoms. The van der Waals surface area contributed by atoms with Crippen LogP contribution in [0.15, 0.2) is 18.5 Å². The van der Waals surface area contributed by atoms with Crippen LogP contribution in [0, 0.1) is 5.82 Å². The van der Waals surface area contributed by atoms with Crippen LogP contribution in [-0.4, -0.2) is 51.6 Å². The molecular formula is C15H18FN3O3. The topological polar surface area (TPSA) is 67.1 Å². The fraction of sp³-hybridized carbons (Fsp3) is 0.467. The second kappa shape index (κ2) is 6.31. The van der Waals surface area contributed by atoms with Gasteiger partial charge < -0.3 is 14.2 Å². The average molecular weight is 307 g/mol. The molecule has 0 radical (unpaired) electrons. The van der Waals surface area contributed by atoms with E-state index >= 15 is 0 Å². The summed E-state index contributed by atoms with van der Waals surface area (Å²) in [4.78, 5) is 17.3. The van der Waals surface area contributed by atoms with Crippen LogP contribution in [0.3, 0.4) is 0 Å². The van der Waals surface area contributed by atoms with Crippen molar-refractivity contribution in [1.29, 1.82) is 0 Å². The van der Waals surface area contributed by atoms with Crippen molar-refractivity contribution in [2.75, 3.05) is 26.2 Å². The second-order valence-electron chi connectivity index (χ2n) is 5.44. The number of rotatable bonds is 5. The number of ether oxygens (including phenoxy) is 1. The van der Waals surface area contributed by atoms with E-state index in [9.17, 15) is 9.18 Å². The Morgan fingerprint density at radius 1 is 1.32 bits per heavy atom. The number of hydrogen-bond acceptors (Lipinski definition) is 4. The molecule has 0 aromatic carbocycles. The summed E-state index contributed by atoms with van der Waals surface area (Å²) in [7, 11) is 0. The number of carboxylic acids is 1. The van der Waals surface area contributed by atoms with Gasteiger partial charge >= 0.3 is 5.97 Å². The maximum Gasteiger partial charge on any atom is 0.356 e. The number of nitrogens with zero attached hydrogens (tertiary/aromatic N) is 3. The number of piperidine rings is 1. The van der Waals surface area contributed by atoms with Gasteiger partial charge in [-0.1, -0.05) is 6.42 Å². The maximum absolute atomic E-state index is 13.6. The van der Waals surface area contributed by atoms with E-state index in [1.807, 2.05) is 0 Å². The standard InChI is InChI=1S/C15H18FN3O3/c16-11-8-13(22-7-6-18-4-2-1-3-5-18)14-17-12(15(20)21)10-19(14)9-11/h8-10H,1-7H2,(H,20,21). The highest BCUT2D eigenvalue weighted by Gasteiger charge is 2.15. The lowest BCUT2D eigenvalue weighted by Crippen LogP contribution is -2.33. The first-order valence-electron chi connectivity index (χ1n) is 7.40. The van der Waals surface area contributed by atoms with Gasteiger partial charge in [0.05, 0.1) is 0 Å². The normalized spacial score (nSPS) is 16.0. The van der Waals surface area contributed by atoms with Crippen molar-refractivity contribution in [3.63, 3.8) is 0 Å². The fourth-order valence-electron chi connectivity index (χ4n) is 2.71. The summed E-state index contributed by atoms with van der Waals surface area (Å²) in [5.41, 5.74) is 0.184. The Kier molecular flexibility index (Phi) is 4.24. The van der Waals surface area contributed by atoms with E-state index in [0.29, 0.717) is 12.3 Å². The molecule has 6 nitrogen and oxygen atoms in total. The Balaban J connectivity index is 1.73. The zero-order valence-electron chi connectivity index (χ0n) is 12.2. The monoisotopic (exact) mass is 307 g/mol. The second-order valence-corrected chi connectivity index (χ2v) is 5.44. The third kappa shape index (κ3) is 3.19. The molecule has 0 aliphatic carbocycles. The van der Waals surface area contributed by atoms with Gasteiger partial charge in [-0.3, -0.25) is 4.90 Å². The highest BCUT2D eigenvalue weighted by Crippen LogP contribution is 2.21. The number of hydrogen-bond donors (Lipinski definition) is 1. The molecule has 1 saturated heterocycles. The van der Waals surface area contributed by atoms with Crippen molar-refractivity contribution in [2.24, 2.45) is 0 Å². The molecule has 3 rings (SSSR count). The number of aromatic carboxylic acids is 1. The first kappa shape index (κ1) is 14.8. The number of carboxylic acid groups (broad SMARTS) is 1. The fourth-order valence-corrected chi connectivity index (χ4v) is 2.71. The molecule has 2 aromatic heterocycles. The van der Waals surface area contributed by atoms with Gasteiger partial charge in [-0.25, -0.2) is 14.2 Å². The molecule has 0 bridgehead atoms. The van der Waals surface area contributed by atoms with E-state index in [0.717, 1.165) is 19.6 Å². The number of aromatic nitrogens is 2. The lowest BCUT2D eigenvalue weighted by atomic mass is 10.1. The first-order valence-corrected chi connectivity index (χ1v) is 7.40. The first-order chi connectivity index (χ1) is 10.6. The highest BCUT2D eigenvalue weighted by atomic mass is 19.1. The molecule has 1 fully saturated rings. The Bertz CT molecular complexity index is 680. The van der Waals surface area contributed by atoms with Crippen LogP contribution in [0.4, 0.5) is 4.39 Å². The molecule has 1 aliphatic heterocycles. The van der Waals surface area contributed by atoms with Crippen molar-refractivity contribution >= 4 is 11.6 Å². The highest BCUT2D eigenvalue weighted by molar-refractivity contribution is 5.86. The third-order valence-corrected chi connectivity index (χ3v) is 3.82. The molecule has 0 spiro atoms. The van der Waals surface area contributed by atoms with Crippen molar-refractivity contribution in [3.8, 4) is 5.75 Å². The largest absolute Gasteiger partial charge is 0.488 e. The molecule has 2 aromatic rings. The van der Waals surface area contributed by atoms with Crippen LogP contribution in [0.25, 0.3) is 5.65 Å². The minimum atomic E-state index is -1.15. The van der Waals surface area contributed by atoms with Crippen molar-refractivity contribution < 1.29 is 19.0 Å². The molecule has 118 valence electrons. The predicted molar refractivity (Wildman–Crippen MR) is 77.9 cm³/mol. The van der Waals surface area contributed by atoms with E-state index in [2.05, 4.69) is 9.88 Å². The summed E-state index contributed by atoms with van der Waals surface area (Å²) >= 11 is 0. The van der Waals surface area contributed by atoms with Gasteiger partial charge in [0.2, 0.25) is 0 Å². The number of fused-ring (bicyclic) bond motifs is 1. The average Bonchev–Trinajstić information content (AvgIpc) is 2.92. The van der Waals surface area contributed by atoms with Gasteiger partial charge in [-0.15, -0.1) is 0 Å². The molecule has 1 N–H and O–H groups in total. The molecule has 7 heteroatoms. The van der Waals surface area contributed by atoms with Crippen LogP contribution < -0.4 is 4.74 Å². The summed E-state index contributed by atoms with van der Waals surface area (Å²) in [6, 6.07) is 1.24. The Hall–Kier alpha value is -2.15. The molecule has 0 amide bonds. The zero-order chi connectivity index (χ0) is 15.5. The van der Waals surface area contributed by atoms with Gasteiger partial charge in [-0.2, -0.15) is 0 Å². The summed E-state index contributed by atoms with van der Waals surface area (Å²) in [6.07, 6.45) is 6.14. The maximum atomic E-state index is 13.6. The van der Waals surface area contributed by atoms with Gasteiger partial charge in [0.1, 0.15) is 12.4 Å². The third-order valence-electron chi connectivity index (χ3n) is 3.82. The summed E-state index contributed by atoms with van der Waals surface area (Å²) in [5, 5.41) is 8.98. The van der Waals surface area contributed by atoms with Gasteiger partial charge in [0.15, 0.2) is 17.1 Å². The number of imidazole rings is 1. The van der Waals surface area contributed by atoms with E-state index < -0.39 is 11.8 Å². The van der Waals surface area contributed by atoms with Crippen molar-refractivity contribution in [3.05, 3.63) is 30.0 Å². The molecule has 0 atom stereocenters. The van der Waals surface area contributed by atoms with Crippen LogP contribution in [-0.2, 0) is 0 Å². The minimum Gasteiger partial charge on any atom is -0.488 e. The Labute approximate surface area is 127 Å². The number of halogens is 1. The zero-order valence-corrected chi connectivity index (χ0v) is 12.2. The van der Waals surface area contributed by atoms with Crippen LogP contribution in [0.1, 0.15) is 29.8 Å². The van der Waals surface area contributed by atoms with Crippen LogP contribution >= 0.6 is 0 Å². The van der Waals surface area contributed by atoms with E-state index in [1.165, 1.54) is 42.1 Å². The smallest absolute Gasteiger partial charge is 0.356 e. The van der Waals surface area contributed by atoms with Crippen molar-refractivity contribution in [1.82, 2.24) is 14.3 Å². The Morgan fingerprint density at radius 2 is 2.09 bits per heavy atom. The van der Waals surface area contributed by atoms with Gasteiger partial charge in [-0.05, 0) is 25.9 Å². The summed E-state index contributed by atoms with van der Waals surface area (Å²) < 4.78 is 20.6. The van der Waals surface area contributed by atoms with Gasteiger partial charge in [0, 0.05) is 25.0 Å². The van der Waals surface area contributed by atoms with E-state index in [-0.39, 0.29) is 11.4 Å². The van der Waals surface area contributed by atoms with E-state index in [4.69, 9.17) is 9.84 Å². The molecule has 1 aliphatic rings. The molecule has 0 saturated carbocycles. The summed E-state index contributed by atoms with van der Waals surface area (Å²) in [5.74, 6) is -1.37. The minimum absolute atomic E-state index is 0.133. The van der Waals surface area contributed by atoms with Gasteiger partial charge in [0.25, 0.3) is 0 Å². The molecular weight excluding hydrogens is 289 g/mol. The van der Waals surface area contributed by atoms with Crippen molar-refractivity contribution in [2.45, 2.75) is 19.3 Å². The molecule has 0 unspecified atom stereocenters. The number of carbonyl (C=O) groups is 1. The number of likely N-dealkylation sites (tertiary alicyclic amines) is 1. The molecule has 3 heterocycles. The predicted octanol–water partition coefficient (Wildman–Crippen LogP) is 2.04. The summed E-state index contributed by atoms with van der Waals surface area (Å²) in [6.45, 7) is 3.33.